The molecule has 10 aromatic carbocycles. The van der Waals surface area contributed by atoms with Crippen molar-refractivity contribution in [2.24, 2.45) is 0 Å². The minimum Gasteiger partial charge on any atom is -0.400 e. The topological polar surface area (TPSA) is 146 Å². The normalized spacial score (nSPS) is 10.5. The van der Waals surface area contributed by atoms with Gasteiger partial charge in [0.15, 0.2) is 16.1 Å². The van der Waals surface area contributed by atoms with Crippen LogP contribution in [-0.2, 0) is 50.3 Å². The smallest absolute Gasteiger partial charge is 0.400 e. The van der Waals surface area contributed by atoms with Crippen LogP contribution in [0.4, 0.5) is 13.2 Å². The van der Waals surface area contributed by atoms with E-state index in [-0.39, 0.29) is 40.2 Å². The minimum atomic E-state index is -5.84. The Morgan fingerprint density at radius 2 is 0.540 bits per heavy atom. The van der Waals surface area contributed by atoms with Gasteiger partial charge in [0, 0.05) is 84.8 Å². The maximum Gasteiger partial charge on any atom is 0.522 e. The maximum atomic E-state index is 10.7. The van der Waals surface area contributed by atoms with E-state index in [9.17, 15) is 13.2 Å². The Morgan fingerprint density at radius 3 is 0.800 bits per heavy atom. The van der Waals surface area contributed by atoms with Gasteiger partial charge in [-0.1, -0.05) is 248 Å². The zero-order chi connectivity index (χ0) is 69.3. The van der Waals surface area contributed by atoms with Crippen LogP contribution in [0, 0.1) is 18.2 Å². The van der Waals surface area contributed by atoms with Crippen molar-refractivity contribution < 1.29 is 76.6 Å². The molecule has 4 aromatic heterocycles. The Bertz CT molecular complexity index is 4110. The number of hydrogen-bond donors (Lipinski definition) is 3. The van der Waals surface area contributed by atoms with Crippen molar-refractivity contribution in [2.75, 3.05) is 14.2 Å². The average molecular weight is 1730 g/mol. The van der Waals surface area contributed by atoms with E-state index in [0.29, 0.717) is 0 Å². The number of aliphatic hydroxyl groups is 2. The van der Waals surface area contributed by atoms with E-state index in [4.69, 9.17) is 33.2 Å². The summed E-state index contributed by atoms with van der Waals surface area (Å²) in [7, 11) is -8.86. The Labute approximate surface area is 613 Å². The van der Waals surface area contributed by atoms with Crippen molar-refractivity contribution in [3.63, 3.8) is 0 Å². The summed E-state index contributed by atoms with van der Waals surface area (Å²) in [6, 6.07) is 130. The monoisotopic (exact) mass is 1730 g/mol. The molecule has 0 fully saturated rings. The Hall–Kier alpha value is -9.85. The molecule has 14 aromatic rings. The Morgan fingerprint density at radius 1 is 0.300 bits per heavy atom. The van der Waals surface area contributed by atoms with Gasteiger partial charge in [-0.05, 0) is 83.7 Å². The number of aliphatic hydroxyl groups excluding tert-OH is 2. The summed E-state index contributed by atoms with van der Waals surface area (Å²) in [6.45, 7) is 0. The van der Waals surface area contributed by atoms with E-state index in [1.165, 1.54) is 41.5 Å². The van der Waals surface area contributed by atoms with Gasteiger partial charge in [0.2, 0.25) is 0 Å². The summed E-state index contributed by atoms with van der Waals surface area (Å²) in [5.41, 5.74) is 2.61. The first kappa shape index (κ1) is 79.1. The molecule has 508 valence electrons. The van der Waals surface area contributed by atoms with Crippen molar-refractivity contribution in [2.45, 2.75) is 5.51 Å². The summed E-state index contributed by atoms with van der Waals surface area (Å²) in [5.74, 6) is 0. The van der Waals surface area contributed by atoms with Gasteiger partial charge >= 0.3 is 15.6 Å². The van der Waals surface area contributed by atoms with Gasteiger partial charge in [-0.2, -0.15) is 21.6 Å². The molecule has 0 unspecified atom stereocenters. The van der Waals surface area contributed by atoms with Crippen molar-refractivity contribution >= 4 is 67.8 Å². The van der Waals surface area contributed by atoms with Gasteiger partial charge < -0.3 is 25.2 Å². The molecule has 0 spiro atoms. The van der Waals surface area contributed by atoms with Gasteiger partial charge in [-0.25, -0.2) is 0 Å². The molecule has 4 heterocycles. The second-order valence-corrected chi connectivity index (χ2v) is 30.1. The van der Waals surface area contributed by atoms with E-state index in [2.05, 4.69) is 265 Å². The van der Waals surface area contributed by atoms with Crippen LogP contribution in [0.15, 0.2) is 371 Å². The molecule has 0 bridgehead atoms. The third kappa shape index (κ3) is 20.9. The molecule has 14 rings (SSSR count). The van der Waals surface area contributed by atoms with Crippen LogP contribution in [0.5, 0.6) is 0 Å². The summed E-state index contributed by atoms with van der Waals surface area (Å²) < 4.78 is 57.5. The second kappa shape index (κ2) is 40.9. The zero-order valence-corrected chi connectivity index (χ0v) is 62.0. The zero-order valence-electron chi connectivity index (χ0n) is 54.4. The molecule has 0 amide bonds. The number of hydrogen-bond acceptors (Lipinski definition) is 8. The molecular formula is C83H70F3Ir2N4O5SSi2-3. The van der Waals surface area contributed by atoms with Crippen molar-refractivity contribution in [3.8, 4) is 45.0 Å². The summed E-state index contributed by atoms with van der Waals surface area (Å²) in [6.07, 6.45) is 7.49. The number of aromatic nitrogens is 4. The number of halogens is 3. The number of alkyl halides is 3. The minimum absolute atomic E-state index is 0. The number of benzene rings is 10. The molecule has 100 heavy (non-hydrogen) atoms. The largest absolute Gasteiger partial charge is 0.522 e. The summed E-state index contributed by atoms with van der Waals surface area (Å²) in [4.78, 5) is 17.9. The van der Waals surface area contributed by atoms with E-state index < -0.39 is 31.8 Å². The van der Waals surface area contributed by atoms with Crippen molar-refractivity contribution in [1.29, 1.82) is 0 Å². The average Bonchev–Trinajstić information content (AvgIpc) is 0.742. The maximum absolute atomic E-state index is 10.7. The molecule has 2 radical (unpaired) electrons. The van der Waals surface area contributed by atoms with Gasteiger partial charge in [-0.15, -0.1) is 108 Å². The van der Waals surface area contributed by atoms with Gasteiger partial charge in [-0.3, -0.25) is 9.54 Å². The molecule has 17 heteroatoms. The number of rotatable bonds is 12. The predicted octanol–water partition coefficient (Wildman–Crippen LogP) is 12.8. The first-order chi connectivity index (χ1) is 48.0. The molecular weight excluding hydrogens is 1660 g/mol. The molecule has 9 nitrogen and oxygen atoms in total. The first-order valence-electron chi connectivity index (χ1n) is 30.9. The SMILES string of the molecule is CO.CO.O=S(=O)(O)C(F)(F)F.[Ir].[Ir].[c-]1ccccc1-c1cc([Si](c2ccccc2)(c2ccccc2)c2ccccc2)ccn1.[c-]1ccccc1-c1ccccn1.[c-]1ccccc1-c1ccccn1.c1ccc(-c2cc([Si](c3ccccc3)(c3ccccc3)c3ccccc3)ccn2)cc1. The van der Waals surface area contributed by atoms with E-state index in [1.54, 1.807) is 12.4 Å². The summed E-state index contributed by atoms with van der Waals surface area (Å²) >= 11 is 0. The van der Waals surface area contributed by atoms with E-state index in [0.717, 1.165) is 59.2 Å². The van der Waals surface area contributed by atoms with Crippen LogP contribution in [0.2, 0.25) is 0 Å². The third-order valence-electron chi connectivity index (χ3n) is 15.3. The fraction of sp³-hybridized carbons (Fsp3) is 0.0361. The van der Waals surface area contributed by atoms with Crippen LogP contribution < -0.4 is 41.5 Å². The standard InChI is InChI=1S/C29H23NSi.C29H22NSi.2C11H8N.CHF3O3S.2CH4O.2Ir/c2*1-5-13-24(14-6-1)29-23-28(21-22-30-29)31(25-15-7-2-8-16-25,26-17-9-3-10-18-26)27-19-11-4-12-20-27;2*1-2-6-10(7-3-1)11-8-4-5-9-12-11;2-1(3,4)8(5,6)7;2*1-2;;/h1-23H;1-13,15-23H;2*1-6,8-9H;(H,5,6,7);2*2H,1H3;;/q;3*-1;;;;;. The van der Waals surface area contributed by atoms with Crippen LogP contribution in [-0.4, -0.2) is 79.0 Å². The van der Waals surface area contributed by atoms with Crippen molar-refractivity contribution in [3.05, 3.63) is 389 Å². The first-order valence-corrected chi connectivity index (χ1v) is 36.4. The number of nitrogens with zero attached hydrogens (tertiary/aromatic N) is 4. The number of pyridine rings is 4. The fourth-order valence-electron chi connectivity index (χ4n) is 11.1. The second-order valence-electron chi connectivity index (χ2n) is 21.1. The van der Waals surface area contributed by atoms with Gasteiger partial charge in [0.05, 0.1) is 5.69 Å². The van der Waals surface area contributed by atoms with Crippen LogP contribution >= 0.6 is 0 Å². The van der Waals surface area contributed by atoms with Gasteiger partial charge in [0.1, 0.15) is 0 Å². The molecule has 0 saturated heterocycles. The summed E-state index contributed by atoms with van der Waals surface area (Å²) in [5, 5.41) is 24.9. The van der Waals surface area contributed by atoms with Crippen LogP contribution in [0.1, 0.15) is 0 Å². The molecule has 3 N–H and O–H groups in total. The third-order valence-corrected chi connectivity index (χ3v) is 25.4. The Kier molecular flexibility index (Phi) is 32.4. The van der Waals surface area contributed by atoms with Gasteiger partial charge in [0.25, 0.3) is 0 Å². The fourth-order valence-corrected chi connectivity index (χ4v) is 20.6. The van der Waals surface area contributed by atoms with Crippen LogP contribution in [0.3, 0.4) is 0 Å². The molecule has 0 aliphatic heterocycles. The molecule has 0 saturated carbocycles. The van der Waals surface area contributed by atoms with E-state index >= 15 is 0 Å². The molecule has 0 aliphatic rings. The molecule has 0 aliphatic carbocycles. The van der Waals surface area contributed by atoms with Crippen LogP contribution in [0.25, 0.3) is 45.0 Å². The Balaban J connectivity index is 0.000000211. The molecule has 0 atom stereocenters. The van der Waals surface area contributed by atoms with Crippen molar-refractivity contribution in [1.82, 2.24) is 19.9 Å². The quantitative estimate of drug-likeness (QED) is 0.0358. The predicted molar refractivity (Wildman–Crippen MR) is 396 cm³/mol. The van der Waals surface area contributed by atoms with E-state index in [1.807, 2.05) is 122 Å².